The van der Waals surface area contributed by atoms with Crippen molar-refractivity contribution in [2.45, 2.75) is 64.6 Å². The molecule has 0 aliphatic rings. The molecule has 3 rings (SSSR count). The highest BCUT2D eigenvalue weighted by atomic mass is 32.2. The fourth-order valence-electron chi connectivity index (χ4n) is 3.70. The summed E-state index contributed by atoms with van der Waals surface area (Å²) in [5.74, 6) is 2.21. The van der Waals surface area contributed by atoms with Crippen LogP contribution in [-0.2, 0) is 24.7 Å². The van der Waals surface area contributed by atoms with E-state index in [1.54, 1.807) is 0 Å². The molecule has 1 heterocycles. The molecule has 0 bridgehead atoms. The number of carbonyl (C=O) groups is 1. The quantitative estimate of drug-likeness (QED) is 0.375. The average Bonchev–Trinajstić information content (AvgIpc) is 3.18. The van der Waals surface area contributed by atoms with Crippen LogP contribution >= 0.6 is 11.8 Å². The molecule has 176 valence electrons. The Kier molecular flexibility index (Phi) is 8.55. The molecule has 1 aromatic heterocycles. The number of hydrogen-bond acceptors (Lipinski definition) is 5. The molecule has 0 fully saturated rings. The van der Waals surface area contributed by atoms with Crippen LogP contribution in [0.3, 0.4) is 0 Å². The summed E-state index contributed by atoms with van der Waals surface area (Å²) < 4.78 is 7.96. The van der Waals surface area contributed by atoms with E-state index in [0.717, 1.165) is 41.2 Å². The van der Waals surface area contributed by atoms with Gasteiger partial charge in [-0.3, -0.25) is 4.79 Å². The summed E-state index contributed by atoms with van der Waals surface area (Å²) in [4.78, 5) is 12.7. The van der Waals surface area contributed by atoms with E-state index in [1.165, 1.54) is 17.3 Å². The molecule has 0 saturated heterocycles. The predicted octanol–water partition coefficient (Wildman–Crippen LogP) is 5.93. The fraction of sp³-hybridized carbons (Fsp3) is 0.423. The second-order valence-electron chi connectivity index (χ2n) is 8.38. The summed E-state index contributed by atoms with van der Waals surface area (Å²) in [5, 5.41) is 12.4. The molecule has 6 nitrogen and oxygen atoms in total. The first-order valence-electron chi connectivity index (χ1n) is 11.5. The molecule has 3 aromatic rings. The van der Waals surface area contributed by atoms with Gasteiger partial charge in [-0.1, -0.05) is 69.8 Å². The van der Waals surface area contributed by atoms with Gasteiger partial charge in [-0.15, -0.1) is 10.2 Å². The minimum absolute atomic E-state index is 0.0466. The number of nitrogens with one attached hydrogen (secondary N) is 1. The number of hydrogen-bond donors (Lipinski definition) is 1. The highest BCUT2D eigenvalue weighted by Crippen LogP contribution is 2.26. The highest BCUT2D eigenvalue weighted by molar-refractivity contribution is 7.99. The van der Waals surface area contributed by atoms with E-state index in [4.69, 9.17) is 4.74 Å². The predicted molar refractivity (Wildman–Crippen MR) is 135 cm³/mol. The molecule has 1 amide bonds. The van der Waals surface area contributed by atoms with Gasteiger partial charge in [-0.2, -0.15) is 0 Å². The Balaban J connectivity index is 1.61. The number of carbonyl (C=O) groups excluding carboxylic acids is 1. The van der Waals surface area contributed by atoms with Crippen LogP contribution in [-0.4, -0.2) is 26.4 Å². The number of anilines is 1. The maximum atomic E-state index is 12.7. The first-order valence-corrected chi connectivity index (χ1v) is 12.5. The van der Waals surface area contributed by atoms with Crippen LogP contribution < -0.4 is 10.1 Å². The summed E-state index contributed by atoms with van der Waals surface area (Å²) in [6.07, 6.45) is 1.49. The van der Waals surface area contributed by atoms with E-state index in [9.17, 15) is 4.79 Å². The number of aromatic nitrogens is 3. The smallest absolute Gasteiger partial charge is 0.234 e. The highest BCUT2D eigenvalue weighted by Gasteiger charge is 2.19. The van der Waals surface area contributed by atoms with Gasteiger partial charge in [0.25, 0.3) is 0 Å². The normalized spacial score (nSPS) is 12.1. The van der Waals surface area contributed by atoms with E-state index >= 15 is 0 Å². The Morgan fingerprint density at radius 2 is 1.67 bits per heavy atom. The zero-order valence-corrected chi connectivity index (χ0v) is 21.2. The molecule has 1 unspecified atom stereocenters. The molecule has 0 aliphatic carbocycles. The van der Waals surface area contributed by atoms with E-state index in [1.807, 2.05) is 36.7 Å². The van der Waals surface area contributed by atoms with Crippen molar-refractivity contribution >= 4 is 23.4 Å². The van der Waals surface area contributed by atoms with Gasteiger partial charge in [0.2, 0.25) is 5.91 Å². The number of nitrogens with zero attached hydrogens (tertiary/aromatic N) is 3. The largest absolute Gasteiger partial charge is 0.483 e. The van der Waals surface area contributed by atoms with Gasteiger partial charge in [-0.25, -0.2) is 0 Å². The van der Waals surface area contributed by atoms with Crippen LogP contribution in [0.4, 0.5) is 5.69 Å². The summed E-state index contributed by atoms with van der Waals surface area (Å²) in [6, 6.07) is 14.3. The molecule has 0 saturated carbocycles. The second kappa shape index (κ2) is 11.4. The third-order valence-electron chi connectivity index (χ3n) is 5.69. The van der Waals surface area contributed by atoms with Gasteiger partial charge in [0, 0.05) is 12.7 Å². The van der Waals surface area contributed by atoms with Crippen molar-refractivity contribution in [2.24, 2.45) is 7.05 Å². The van der Waals surface area contributed by atoms with Crippen molar-refractivity contribution in [3.63, 3.8) is 0 Å². The Morgan fingerprint density at radius 3 is 2.24 bits per heavy atom. The third-order valence-corrected chi connectivity index (χ3v) is 6.71. The van der Waals surface area contributed by atoms with Gasteiger partial charge >= 0.3 is 0 Å². The van der Waals surface area contributed by atoms with Crippen molar-refractivity contribution in [3.8, 4) is 5.75 Å². The first-order chi connectivity index (χ1) is 15.8. The van der Waals surface area contributed by atoms with Gasteiger partial charge in [-0.05, 0) is 54.5 Å². The minimum atomic E-state index is -0.265. The van der Waals surface area contributed by atoms with Crippen molar-refractivity contribution < 1.29 is 9.53 Å². The van der Waals surface area contributed by atoms with Crippen LogP contribution in [0.1, 0.15) is 69.2 Å². The molecule has 7 heteroatoms. The topological polar surface area (TPSA) is 69.0 Å². The number of rotatable bonds is 10. The second-order valence-corrected chi connectivity index (χ2v) is 9.32. The van der Waals surface area contributed by atoms with E-state index < -0.39 is 0 Å². The van der Waals surface area contributed by atoms with Crippen molar-refractivity contribution in [3.05, 3.63) is 65.0 Å². The standard InChI is InChI=1S/C26H34N4O2S/c1-7-19-10-9-11-20(8-2)24(19)27-23(31)16-33-26-29-28-25(30(26)6)18(5)32-22-14-12-21(13-15-22)17(3)4/h9-15,17-18H,7-8,16H2,1-6H3,(H,27,31). The number of para-hydroxylation sites is 1. The van der Waals surface area contributed by atoms with E-state index in [-0.39, 0.29) is 17.8 Å². The van der Waals surface area contributed by atoms with E-state index in [2.05, 4.69) is 67.5 Å². The third kappa shape index (κ3) is 6.16. The molecular formula is C26H34N4O2S. The number of thioether (sulfide) groups is 1. The summed E-state index contributed by atoms with van der Waals surface area (Å²) in [7, 11) is 1.90. The van der Waals surface area contributed by atoms with Gasteiger partial charge < -0.3 is 14.6 Å². The number of ether oxygens (including phenoxy) is 1. The summed E-state index contributed by atoms with van der Waals surface area (Å²) in [6.45, 7) is 10.5. The van der Waals surface area contributed by atoms with E-state index in [0.29, 0.717) is 11.1 Å². The van der Waals surface area contributed by atoms with Crippen LogP contribution in [0, 0.1) is 0 Å². The number of benzene rings is 2. The average molecular weight is 467 g/mol. The fourth-order valence-corrected chi connectivity index (χ4v) is 4.42. The van der Waals surface area contributed by atoms with Crippen molar-refractivity contribution in [1.29, 1.82) is 0 Å². The maximum Gasteiger partial charge on any atom is 0.234 e. The first kappa shape index (κ1) is 24.8. The molecular weight excluding hydrogens is 432 g/mol. The molecule has 33 heavy (non-hydrogen) atoms. The SMILES string of the molecule is CCc1cccc(CC)c1NC(=O)CSc1nnc(C(C)Oc2ccc(C(C)C)cc2)n1C. The number of amides is 1. The molecule has 0 radical (unpaired) electrons. The lowest BCUT2D eigenvalue weighted by atomic mass is 10.0. The van der Waals surface area contributed by atoms with Crippen molar-refractivity contribution in [1.82, 2.24) is 14.8 Å². The molecule has 1 atom stereocenters. The lowest BCUT2D eigenvalue weighted by Crippen LogP contribution is -2.17. The maximum absolute atomic E-state index is 12.7. The Bertz CT molecular complexity index is 1050. The zero-order chi connectivity index (χ0) is 24.0. The van der Waals surface area contributed by atoms with Crippen LogP contribution in [0.15, 0.2) is 47.6 Å². The minimum Gasteiger partial charge on any atom is -0.483 e. The van der Waals surface area contributed by atoms with Crippen LogP contribution in [0.2, 0.25) is 0 Å². The summed E-state index contributed by atoms with van der Waals surface area (Å²) >= 11 is 1.37. The van der Waals surface area contributed by atoms with Crippen molar-refractivity contribution in [2.75, 3.05) is 11.1 Å². The summed E-state index contributed by atoms with van der Waals surface area (Å²) in [5.41, 5.74) is 4.53. The molecule has 0 aliphatic heterocycles. The molecule has 0 spiro atoms. The monoisotopic (exact) mass is 466 g/mol. The van der Waals surface area contributed by atoms with Gasteiger partial charge in [0.05, 0.1) is 5.75 Å². The number of aryl methyl sites for hydroxylation is 2. The Morgan fingerprint density at radius 1 is 1.03 bits per heavy atom. The van der Waals surface area contributed by atoms with Crippen LogP contribution in [0.5, 0.6) is 5.75 Å². The van der Waals surface area contributed by atoms with Crippen LogP contribution in [0.25, 0.3) is 0 Å². The Hall–Kier alpha value is -2.80. The molecule has 1 N–H and O–H groups in total. The van der Waals surface area contributed by atoms with Gasteiger partial charge in [0.15, 0.2) is 17.1 Å². The zero-order valence-electron chi connectivity index (χ0n) is 20.4. The lowest BCUT2D eigenvalue weighted by Gasteiger charge is -2.15. The Labute approximate surface area is 201 Å². The molecule has 2 aromatic carbocycles. The van der Waals surface area contributed by atoms with Gasteiger partial charge in [0.1, 0.15) is 5.75 Å². The lowest BCUT2D eigenvalue weighted by molar-refractivity contribution is -0.113.